The Labute approximate surface area is 244 Å². The van der Waals surface area contributed by atoms with Crippen LogP contribution in [0, 0.1) is 5.41 Å². The Kier molecular flexibility index (Phi) is 8.88. The lowest BCUT2D eigenvalue weighted by molar-refractivity contribution is 0.0744. The van der Waals surface area contributed by atoms with E-state index in [4.69, 9.17) is 37.3 Å². The number of nitrogens with zero attached hydrogens (tertiary/aromatic N) is 2. The molecule has 4 aromatic rings. The van der Waals surface area contributed by atoms with Crippen molar-refractivity contribution in [2.24, 2.45) is 5.41 Å². The molecule has 0 saturated carbocycles. The highest BCUT2D eigenvalue weighted by molar-refractivity contribution is 6.33. The van der Waals surface area contributed by atoms with E-state index in [0.717, 1.165) is 11.1 Å². The summed E-state index contributed by atoms with van der Waals surface area (Å²) >= 11 is 12.8. The highest BCUT2D eigenvalue weighted by Crippen LogP contribution is 2.42. The molecule has 1 unspecified atom stereocenters. The number of nitrogens with one attached hydrogen (secondary N) is 1. The average molecular weight is 583 g/mol. The minimum absolute atomic E-state index is 0.115. The van der Waals surface area contributed by atoms with E-state index in [2.05, 4.69) is 5.32 Å². The van der Waals surface area contributed by atoms with Crippen molar-refractivity contribution in [1.82, 2.24) is 15.2 Å². The second-order valence-corrected chi connectivity index (χ2v) is 11.7. The van der Waals surface area contributed by atoms with Gasteiger partial charge in [0.1, 0.15) is 6.10 Å². The molecule has 1 atom stereocenters. The number of Topliss-reactive ketones (excluding diaryl/α,β-unsaturated/α-hetero) is 1. The van der Waals surface area contributed by atoms with Crippen molar-refractivity contribution in [2.75, 3.05) is 27.2 Å². The lowest BCUT2D eigenvalue weighted by Crippen LogP contribution is -2.31. The maximum Gasteiger partial charge on any atom is 0.407 e. The number of alkyl carbamates (subject to hydrolysis) is 1. The molecule has 2 heterocycles. The molecule has 0 radical (unpaired) electrons. The molecular weight excluding hydrogens is 549 g/mol. The third kappa shape index (κ3) is 6.33. The summed E-state index contributed by atoms with van der Waals surface area (Å²) in [4.78, 5) is 33.2. The summed E-state index contributed by atoms with van der Waals surface area (Å²) in [6.07, 6.45) is -1.40. The fourth-order valence-electron chi connectivity index (χ4n) is 4.41. The maximum absolute atomic E-state index is 13.7. The third-order valence-electron chi connectivity index (χ3n) is 6.32. The summed E-state index contributed by atoms with van der Waals surface area (Å²) in [6, 6.07) is 16.7. The molecule has 0 aliphatic heterocycles. The molecule has 1 amide bonds. The number of ketones is 1. The van der Waals surface area contributed by atoms with Crippen molar-refractivity contribution in [1.29, 1.82) is 0 Å². The Morgan fingerprint density at radius 3 is 2.33 bits per heavy atom. The fourth-order valence-corrected chi connectivity index (χ4v) is 4.76. The Balaban J connectivity index is 2.08. The lowest BCUT2D eigenvalue weighted by Gasteiger charge is -2.23. The lowest BCUT2D eigenvalue weighted by atomic mass is 9.86. The molecule has 0 fully saturated rings. The van der Waals surface area contributed by atoms with Crippen LogP contribution in [0.25, 0.3) is 33.5 Å². The molecule has 2 aromatic heterocycles. The normalized spacial score (nSPS) is 12.5. The summed E-state index contributed by atoms with van der Waals surface area (Å²) in [5.74, 6) is -0.111. The van der Waals surface area contributed by atoms with Gasteiger partial charge in [0.25, 0.3) is 0 Å². The fraction of sp³-hybridized carbons (Fsp3) is 0.323. The van der Waals surface area contributed by atoms with Crippen LogP contribution in [0.4, 0.5) is 4.79 Å². The number of likely N-dealkylation sites (N-methyl/N-ethyl adjacent to an activating group) is 1. The largest absolute Gasteiger partial charge is 0.440 e. The molecule has 0 aliphatic carbocycles. The molecule has 4 rings (SSSR count). The SMILES string of the molecule is CCNC(=O)OC(CN(C)C)c1c(C(=O)C(C)(C)C)oc2nc(-c3ccccc3Cl)c(-c3ccc(Cl)cc3)cc12. The van der Waals surface area contributed by atoms with E-state index in [9.17, 15) is 9.59 Å². The Bertz CT molecular complexity index is 1540. The predicted octanol–water partition coefficient (Wildman–Crippen LogP) is 8.05. The number of pyridine rings is 1. The molecule has 1 N–H and O–H groups in total. The van der Waals surface area contributed by atoms with Crippen molar-refractivity contribution in [3.8, 4) is 22.4 Å². The van der Waals surface area contributed by atoms with Gasteiger partial charge < -0.3 is 19.4 Å². The van der Waals surface area contributed by atoms with Crippen LogP contribution in [0.1, 0.15) is 49.9 Å². The van der Waals surface area contributed by atoms with E-state index >= 15 is 0 Å². The first-order valence-electron chi connectivity index (χ1n) is 13.0. The molecule has 210 valence electrons. The van der Waals surface area contributed by atoms with Crippen molar-refractivity contribution in [3.05, 3.63) is 76.0 Å². The zero-order valence-corrected chi connectivity index (χ0v) is 25.0. The van der Waals surface area contributed by atoms with Gasteiger partial charge in [-0.2, -0.15) is 0 Å². The van der Waals surface area contributed by atoms with Gasteiger partial charge in [-0.1, -0.05) is 74.3 Å². The van der Waals surface area contributed by atoms with Gasteiger partial charge in [-0.3, -0.25) is 4.79 Å². The summed E-state index contributed by atoms with van der Waals surface area (Å²) in [7, 11) is 3.74. The molecular formula is C31H33Cl2N3O4. The van der Waals surface area contributed by atoms with Crippen LogP contribution in [0.2, 0.25) is 10.0 Å². The number of furan rings is 1. The smallest absolute Gasteiger partial charge is 0.407 e. The summed E-state index contributed by atoms with van der Waals surface area (Å²) in [6.45, 7) is 7.98. The van der Waals surface area contributed by atoms with Crippen LogP contribution >= 0.6 is 23.2 Å². The highest BCUT2D eigenvalue weighted by Gasteiger charge is 2.36. The van der Waals surface area contributed by atoms with E-state index < -0.39 is 17.6 Å². The van der Waals surface area contributed by atoms with Gasteiger partial charge in [0.05, 0.1) is 11.3 Å². The monoisotopic (exact) mass is 581 g/mol. The quantitative estimate of drug-likeness (QED) is 0.212. The van der Waals surface area contributed by atoms with Crippen LogP contribution < -0.4 is 5.32 Å². The van der Waals surface area contributed by atoms with Crippen molar-refractivity contribution in [2.45, 2.75) is 33.8 Å². The number of rotatable bonds is 8. The number of fused-ring (bicyclic) bond motifs is 1. The first-order valence-corrected chi connectivity index (χ1v) is 13.8. The van der Waals surface area contributed by atoms with Crippen LogP contribution in [0.15, 0.2) is 59.0 Å². The minimum Gasteiger partial charge on any atom is -0.440 e. The highest BCUT2D eigenvalue weighted by atomic mass is 35.5. The molecule has 40 heavy (non-hydrogen) atoms. The minimum atomic E-state index is -0.810. The number of benzene rings is 2. The van der Waals surface area contributed by atoms with E-state index in [1.54, 1.807) is 18.2 Å². The van der Waals surface area contributed by atoms with Gasteiger partial charge in [-0.05, 0) is 50.8 Å². The second-order valence-electron chi connectivity index (χ2n) is 10.8. The average Bonchev–Trinajstić information content (AvgIpc) is 3.25. The van der Waals surface area contributed by atoms with Crippen LogP contribution in [0.3, 0.4) is 0 Å². The third-order valence-corrected chi connectivity index (χ3v) is 6.90. The topological polar surface area (TPSA) is 84.7 Å². The Hall–Kier alpha value is -3.39. The summed E-state index contributed by atoms with van der Waals surface area (Å²) in [5.41, 5.74) is 2.86. The second kappa shape index (κ2) is 12.0. The molecule has 2 aromatic carbocycles. The number of carbonyl (C=O) groups excluding carboxylic acids is 2. The number of ether oxygens (including phenoxy) is 1. The molecule has 0 aliphatic rings. The summed E-state index contributed by atoms with van der Waals surface area (Å²) < 4.78 is 12.1. The van der Waals surface area contributed by atoms with Gasteiger partial charge in [-0.25, -0.2) is 9.78 Å². The van der Waals surface area contributed by atoms with Crippen molar-refractivity contribution < 1.29 is 18.7 Å². The first-order chi connectivity index (χ1) is 18.9. The number of aromatic nitrogens is 1. The number of hydrogen-bond acceptors (Lipinski definition) is 6. The molecule has 0 saturated heterocycles. The standard InChI is InChI=1S/C31H33Cl2N3O4/c1-7-34-30(38)39-24(17-36(5)6)25-22-16-21(18-12-14-19(32)15-13-18)26(20-10-8-9-11-23(20)33)35-29(22)40-27(25)28(37)31(2,3)4/h8-16,24H,7,17H2,1-6H3,(H,34,38). The Morgan fingerprint density at radius 2 is 1.73 bits per heavy atom. The van der Waals surface area contributed by atoms with Crippen LogP contribution in [0.5, 0.6) is 0 Å². The van der Waals surface area contributed by atoms with Gasteiger partial charge in [-0.15, -0.1) is 0 Å². The molecule has 7 nitrogen and oxygen atoms in total. The predicted molar refractivity (Wildman–Crippen MR) is 160 cm³/mol. The first kappa shape index (κ1) is 29.6. The van der Waals surface area contributed by atoms with E-state index in [0.29, 0.717) is 45.3 Å². The number of carbonyl (C=O) groups is 2. The zero-order chi connectivity index (χ0) is 29.2. The van der Waals surface area contributed by atoms with Gasteiger partial charge in [0, 0.05) is 45.1 Å². The number of hydrogen-bond donors (Lipinski definition) is 1. The van der Waals surface area contributed by atoms with Gasteiger partial charge in [0.2, 0.25) is 11.5 Å². The van der Waals surface area contributed by atoms with Gasteiger partial charge in [0.15, 0.2) is 5.76 Å². The van der Waals surface area contributed by atoms with Crippen LogP contribution in [-0.4, -0.2) is 48.9 Å². The van der Waals surface area contributed by atoms with E-state index in [1.807, 2.05) is 83.1 Å². The number of amides is 1. The molecule has 0 bridgehead atoms. The zero-order valence-electron chi connectivity index (χ0n) is 23.5. The molecule has 0 spiro atoms. The van der Waals surface area contributed by atoms with E-state index in [-0.39, 0.29) is 17.3 Å². The summed E-state index contributed by atoms with van der Waals surface area (Å²) in [5, 5.41) is 4.37. The maximum atomic E-state index is 13.7. The number of halogens is 2. The molecule has 9 heteroatoms. The van der Waals surface area contributed by atoms with Crippen LogP contribution in [-0.2, 0) is 4.74 Å². The Morgan fingerprint density at radius 1 is 1.05 bits per heavy atom. The van der Waals surface area contributed by atoms with E-state index in [1.165, 1.54) is 0 Å². The van der Waals surface area contributed by atoms with Gasteiger partial charge >= 0.3 is 6.09 Å². The van der Waals surface area contributed by atoms with Crippen molar-refractivity contribution >= 4 is 46.2 Å². The van der Waals surface area contributed by atoms with Crippen molar-refractivity contribution in [3.63, 3.8) is 0 Å².